The average Bonchev–Trinajstić information content (AvgIpc) is 2.53. The lowest BCUT2D eigenvalue weighted by molar-refractivity contribution is -0.117. The van der Waals surface area contributed by atoms with Crippen molar-refractivity contribution >= 4 is 5.78 Å². The quantitative estimate of drug-likeness (QED) is 0.608. The maximum absolute atomic E-state index is 11.4. The first-order chi connectivity index (χ1) is 6.83. The fourth-order valence-corrected chi connectivity index (χ4v) is 3.00. The van der Waals surface area contributed by atoms with E-state index in [1.54, 1.807) is 0 Å². The van der Waals surface area contributed by atoms with Crippen LogP contribution in [-0.4, -0.2) is 5.78 Å². The molecule has 2 atom stereocenters. The van der Waals surface area contributed by atoms with Crippen LogP contribution in [0.5, 0.6) is 0 Å². The van der Waals surface area contributed by atoms with Gasteiger partial charge >= 0.3 is 0 Å². The number of hydrogen-bond acceptors (Lipinski definition) is 1. The van der Waals surface area contributed by atoms with Crippen LogP contribution in [0.2, 0.25) is 0 Å². The molecule has 0 bridgehead atoms. The zero-order chi connectivity index (χ0) is 9.54. The largest absolute Gasteiger partial charge is 0.300 e. The summed E-state index contributed by atoms with van der Waals surface area (Å²) >= 11 is 0. The Labute approximate surface area is 84.1 Å². The smallest absolute Gasteiger partial charge is 0.133 e. The van der Waals surface area contributed by atoms with E-state index in [1.807, 2.05) is 0 Å². The molecular weight excluding hydrogens is 172 g/mol. The van der Waals surface area contributed by atoms with E-state index >= 15 is 0 Å². The molecule has 2 aliphatic rings. The zero-order valence-corrected chi connectivity index (χ0v) is 8.20. The van der Waals surface area contributed by atoms with Crippen LogP contribution in [0.4, 0.5) is 0 Å². The molecule has 1 fully saturated rings. The van der Waals surface area contributed by atoms with Crippen molar-refractivity contribution in [2.45, 2.75) is 25.7 Å². The van der Waals surface area contributed by atoms with E-state index in [-0.39, 0.29) is 0 Å². The normalized spacial score (nSPS) is 29.9. The highest BCUT2D eigenvalue weighted by atomic mass is 16.1. The monoisotopic (exact) mass is 186 g/mol. The maximum Gasteiger partial charge on any atom is 0.133 e. The van der Waals surface area contributed by atoms with Crippen molar-refractivity contribution in [3.63, 3.8) is 0 Å². The fourth-order valence-electron chi connectivity index (χ4n) is 3.00. The molecule has 1 heteroatoms. The molecule has 0 saturated heterocycles. The van der Waals surface area contributed by atoms with Gasteiger partial charge in [0.1, 0.15) is 5.78 Å². The Hall–Kier alpha value is -1.11. The van der Waals surface area contributed by atoms with Gasteiger partial charge in [-0.2, -0.15) is 0 Å². The molecule has 3 rings (SSSR count). The number of hydrogen-bond donors (Lipinski definition) is 0. The molecule has 0 radical (unpaired) electrons. The highest BCUT2D eigenvalue weighted by Gasteiger charge is 2.36. The summed E-state index contributed by atoms with van der Waals surface area (Å²) in [5, 5.41) is 0. The second-order valence-corrected chi connectivity index (χ2v) is 4.64. The second-order valence-electron chi connectivity index (χ2n) is 4.64. The molecule has 1 nitrogen and oxygen atoms in total. The van der Waals surface area contributed by atoms with Crippen molar-refractivity contribution in [1.29, 1.82) is 0 Å². The van der Waals surface area contributed by atoms with Crippen LogP contribution in [0, 0.1) is 11.8 Å². The number of benzene rings is 1. The SMILES string of the molecule is O=C1CC2Cc3ccccc3CC2C1. The van der Waals surface area contributed by atoms with Gasteiger partial charge in [-0.25, -0.2) is 0 Å². The third-order valence-corrected chi connectivity index (χ3v) is 3.73. The maximum atomic E-state index is 11.4. The molecule has 1 saturated carbocycles. The van der Waals surface area contributed by atoms with Gasteiger partial charge in [-0.15, -0.1) is 0 Å². The van der Waals surface area contributed by atoms with Crippen LogP contribution in [0.3, 0.4) is 0 Å². The lowest BCUT2D eigenvalue weighted by atomic mass is 9.78. The van der Waals surface area contributed by atoms with Crippen LogP contribution < -0.4 is 0 Å². The fraction of sp³-hybridized carbons (Fsp3) is 0.462. The molecule has 0 aromatic heterocycles. The highest BCUT2D eigenvalue weighted by Crippen LogP contribution is 2.39. The third kappa shape index (κ3) is 1.19. The van der Waals surface area contributed by atoms with Gasteiger partial charge < -0.3 is 0 Å². The highest BCUT2D eigenvalue weighted by molar-refractivity contribution is 5.81. The van der Waals surface area contributed by atoms with E-state index in [9.17, 15) is 4.79 Å². The minimum atomic E-state index is 0.479. The van der Waals surface area contributed by atoms with Gasteiger partial charge in [0.2, 0.25) is 0 Å². The Morgan fingerprint density at radius 1 is 0.857 bits per heavy atom. The number of Topliss-reactive ketones (excluding diaryl/α,β-unsaturated/α-hetero) is 1. The van der Waals surface area contributed by atoms with Crippen LogP contribution >= 0.6 is 0 Å². The second kappa shape index (κ2) is 2.94. The molecular formula is C13H14O. The van der Waals surface area contributed by atoms with Crippen molar-refractivity contribution in [2.24, 2.45) is 11.8 Å². The standard InChI is InChI=1S/C13H14O/c14-13-7-11-5-9-3-1-2-4-10(9)6-12(11)8-13/h1-4,11-12H,5-8H2. The molecule has 1 aromatic rings. The molecule has 0 amide bonds. The van der Waals surface area contributed by atoms with Crippen molar-refractivity contribution < 1.29 is 4.79 Å². The first-order valence-electron chi connectivity index (χ1n) is 5.41. The summed E-state index contributed by atoms with van der Waals surface area (Å²) in [7, 11) is 0. The van der Waals surface area contributed by atoms with Crippen molar-refractivity contribution in [3.05, 3.63) is 35.4 Å². The summed E-state index contributed by atoms with van der Waals surface area (Å²) in [6, 6.07) is 8.65. The van der Waals surface area contributed by atoms with E-state index < -0.39 is 0 Å². The summed E-state index contributed by atoms with van der Waals surface area (Å²) in [6.07, 6.45) is 3.93. The first-order valence-corrected chi connectivity index (χ1v) is 5.41. The Morgan fingerprint density at radius 2 is 1.36 bits per heavy atom. The summed E-state index contributed by atoms with van der Waals surface area (Å²) in [5.41, 5.74) is 2.95. The molecule has 1 aromatic carbocycles. The van der Waals surface area contributed by atoms with Crippen LogP contribution in [0.25, 0.3) is 0 Å². The number of carbonyl (C=O) groups excluding carboxylic acids is 1. The van der Waals surface area contributed by atoms with Crippen LogP contribution in [0.1, 0.15) is 24.0 Å². The predicted octanol–water partition coefficient (Wildman–Crippen LogP) is 2.38. The number of ketones is 1. The number of carbonyl (C=O) groups is 1. The minimum Gasteiger partial charge on any atom is -0.300 e. The molecule has 0 aliphatic heterocycles. The van der Waals surface area contributed by atoms with E-state index in [2.05, 4.69) is 24.3 Å². The number of rotatable bonds is 0. The Morgan fingerprint density at radius 3 is 1.86 bits per heavy atom. The minimum absolute atomic E-state index is 0.479. The molecule has 14 heavy (non-hydrogen) atoms. The Bertz CT molecular complexity index is 346. The molecule has 2 unspecified atom stereocenters. The van der Waals surface area contributed by atoms with Gasteiger partial charge in [-0.1, -0.05) is 24.3 Å². The van der Waals surface area contributed by atoms with Crippen molar-refractivity contribution in [2.75, 3.05) is 0 Å². The summed E-state index contributed by atoms with van der Waals surface area (Å²) in [6.45, 7) is 0. The predicted molar refractivity (Wildman–Crippen MR) is 55.1 cm³/mol. The Balaban J connectivity index is 1.95. The van der Waals surface area contributed by atoms with Gasteiger partial charge in [0.15, 0.2) is 0 Å². The van der Waals surface area contributed by atoms with E-state index in [1.165, 1.54) is 11.1 Å². The van der Waals surface area contributed by atoms with Gasteiger partial charge in [0.05, 0.1) is 0 Å². The lowest BCUT2D eigenvalue weighted by Crippen LogP contribution is -2.20. The Kier molecular flexibility index (Phi) is 1.73. The molecule has 0 spiro atoms. The third-order valence-electron chi connectivity index (χ3n) is 3.73. The molecule has 0 heterocycles. The zero-order valence-electron chi connectivity index (χ0n) is 8.20. The summed E-state index contributed by atoms with van der Waals surface area (Å²) in [4.78, 5) is 11.4. The summed E-state index contributed by atoms with van der Waals surface area (Å²) < 4.78 is 0. The van der Waals surface area contributed by atoms with E-state index in [0.717, 1.165) is 25.7 Å². The molecule has 2 aliphatic carbocycles. The van der Waals surface area contributed by atoms with Crippen LogP contribution in [0.15, 0.2) is 24.3 Å². The summed E-state index contributed by atoms with van der Waals surface area (Å²) in [5.74, 6) is 1.78. The van der Waals surface area contributed by atoms with Gasteiger partial charge in [-0.05, 0) is 35.8 Å². The number of fused-ring (bicyclic) bond motifs is 2. The van der Waals surface area contributed by atoms with Crippen molar-refractivity contribution in [1.82, 2.24) is 0 Å². The molecule has 72 valence electrons. The average molecular weight is 186 g/mol. The van der Waals surface area contributed by atoms with Gasteiger partial charge in [0.25, 0.3) is 0 Å². The van der Waals surface area contributed by atoms with Gasteiger partial charge in [0, 0.05) is 12.8 Å². The van der Waals surface area contributed by atoms with Crippen LogP contribution in [-0.2, 0) is 17.6 Å². The van der Waals surface area contributed by atoms with E-state index in [0.29, 0.717) is 17.6 Å². The van der Waals surface area contributed by atoms with Crippen molar-refractivity contribution in [3.8, 4) is 0 Å². The van der Waals surface area contributed by atoms with E-state index in [4.69, 9.17) is 0 Å². The topological polar surface area (TPSA) is 17.1 Å². The lowest BCUT2D eigenvalue weighted by Gasteiger charge is -2.26. The molecule has 0 N–H and O–H groups in total. The first kappa shape index (κ1) is 8.22. The van der Waals surface area contributed by atoms with Gasteiger partial charge in [-0.3, -0.25) is 4.79 Å².